The molecule has 0 radical (unpaired) electrons. The van der Waals surface area contributed by atoms with Crippen LogP contribution in [0.1, 0.15) is 24.8 Å². The maximum absolute atomic E-state index is 13.4. The molecular weight excluding hydrogens is 398 g/mol. The molecule has 2 heterocycles. The monoisotopic (exact) mass is 427 g/mol. The number of likely N-dealkylation sites (tertiary alicyclic amines) is 1. The fraction of sp³-hybridized carbons (Fsp3) is 0.522. The van der Waals surface area contributed by atoms with Gasteiger partial charge in [-0.1, -0.05) is 24.3 Å². The van der Waals surface area contributed by atoms with Crippen LogP contribution in [0.2, 0.25) is 0 Å². The van der Waals surface area contributed by atoms with Crippen LogP contribution in [0.5, 0.6) is 5.75 Å². The summed E-state index contributed by atoms with van der Waals surface area (Å²) in [5.74, 6) is -1.90. The average molecular weight is 428 g/mol. The Morgan fingerprint density at radius 1 is 1.23 bits per heavy atom. The number of piperidine rings is 1. The van der Waals surface area contributed by atoms with E-state index in [0.717, 1.165) is 16.9 Å². The fourth-order valence-corrected chi connectivity index (χ4v) is 5.46. The second kappa shape index (κ2) is 8.00. The second-order valence-electron chi connectivity index (χ2n) is 8.99. The maximum Gasteiger partial charge on any atom is 0.308 e. The van der Waals surface area contributed by atoms with E-state index in [1.807, 2.05) is 35.2 Å². The van der Waals surface area contributed by atoms with Gasteiger partial charge in [-0.15, -0.1) is 0 Å². The molecule has 0 bridgehead atoms. The van der Waals surface area contributed by atoms with Crippen molar-refractivity contribution in [1.82, 2.24) is 9.80 Å². The summed E-state index contributed by atoms with van der Waals surface area (Å²) in [5, 5.41) is 9.87. The average Bonchev–Trinajstić information content (AvgIpc) is 3.45. The van der Waals surface area contributed by atoms with Crippen molar-refractivity contribution in [3.63, 3.8) is 0 Å². The number of hydrogen-bond donors (Lipinski definition) is 2. The predicted molar refractivity (Wildman–Crippen MR) is 114 cm³/mol. The molecule has 4 atom stereocenters. The van der Waals surface area contributed by atoms with Gasteiger partial charge in [0.1, 0.15) is 11.8 Å². The quantitative estimate of drug-likeness (QED) is 0.730. The van der Waals surface area contributed by atoms with Crippen LogP contribution < -0.4 is 10.5 Å². The lowest BCUT2D eigenvalue weighted by atomic mass is 9.79. The highest BCUT2D eigenvalue weighted by atomic mass is 16.5. The van der Waals surface area contributed by atoms with Crippen LogP contribution in [0, 0.1) is 17.3 Å². The number of primary amides is 1. The summed E-state index contributed by atoms with van der Waals surface area (Å²) in [5.41, 5.74) is 7.20. The molecule has 3 aliphatic rings. The first kappa shape index (κ1) is 21.4. The Kier molecular flexibility index (Phi) is 5.51. The van der Waals surface area contributed by atoms with Crippen molar-refractivity contribution in [3.8, 4) is 5.75 Å². The van der Waals surface area contributed by atoms with Gasteiger partial charge < -0.3 is 20.5 Å². The van der Waals surface area contributed by atoms with Crippen LogP contribution in [0.3, 0.4) is 0 Å². The molecule has 1 spiro atoms. The Morgan fingerprint density at radius 2 is 1.97 bits per heavy atom. The zero-order chi connectivity index (χ0) is 22.3. The smallest absolute Gasteiger partial charge is 0.308 e. The predicted octanol–water partition coefficient (Wildman–Crippen LogP) is 1.21. The molecule has 166 valence electrons. The molecule has 2 aliphatic heterocycles. The first-order valence-electron chi connectivity index (χ1n) is 10.6. The number of carboxylic acids is 1. The Hall–Kier alpha value is -2.87. The summed E-state index contributed by atoms with van der Waals surface area (Å²) >= 11 is 0. The molecule has 2 amide bonds. The lowest BCUT2D eigenvalue weighted by Gasteiger charge is -2.43. The van der Waals surface area contributed by atoms with Crippen LogP contribution in [-0.4, -0.2) is 72.5 Å². The third-order valence-corrected chi connectivity index (χ3v) is 7.12. The van der Waals surface area contributed by atoms with E-state index in [0.29, 0.717) is 38.9 Å². The summed E-state index contributed by atoms with van der Waals surface area (Å²) < 4.78 is 5.45. The molecule has 1 aromatic rings. The summed E-state index contributed by atoms with van der Waals surface area (Å²) in [7, 11) is 3.41. The molecule has 2 fully saturated rings. The van der Waals surface area contributed by atoms with Gasteiger partial charge >= 0.3 is 5.97 Å². The molecular formula is C23H29N3O5. The van der Waals surface area contributed by atoms with Crippen LogP contribution in [0.4, 0.5) is 0 Å². The van der Waals surface area contributed by atoms with Gasteiger partial charge in [0.25, 0.3) is 0 Å². The summed E-state index contributed by atoms with van der Waals surface area (Å²) in [6, 6.07) is 7.05. The van der Waals surface area contributed by atoms with Crippen molar-refractivity contribution in [1.29, 1.82) is 0 Å². The van der Waals surface area contributed by atoms with Crippen molar-refractivity contribution in [2.75, 3.05) is 33.8 Å². The molecule has 1 saturated carbocycles. The van der Waals surface area contributed by atoms with Gasteiger partial charge in [-0.3, -0.25) is 19.3 Å². The number of ether oxygens (including phenoxy) is 1. The van der Waals surface area contributed by atoms with E-state index in [9.17, 15) is 19.5 Å². The van der Waals surface area contributed by atoms with Crippen molar-refractivity contribution >= 4 is 23.4 Å². The summed E-state index contributed by atoms with van der Waals surface area (Å²) in [6.45, 7) is 1.46. The Bertz CT molecular complexity index is 945. The van der Waals surface area contributed by atoms with Gasteiger partial charge in [-0.05, 0) is 43.4 Å². The molecule has 3 N–H and O–H groups in total. The number of carbonyl (C=O) groups is 3. The Morgan fingerprint density at radius 3 is 2.55 bits per heavy atom. The Balaban J connectivity index is 1.50. The lowest BCUT2D eigenvalue weighted by molar-refractivity contribution is -0.156. The largest absolute Gasteiger partial charge is 0.496 e. The van der Waals surface area contributed by atoms with Crippen molar-refractivity contribution in [2.24, 2.45) is 23.0 Å². The normalized spacial score (nSPS) is 30.6. The third kappa shape index (κ3) is 3.80. The topological polar surface area (TPSA) is 113 Å². The van der Waals surface area contributed by atoms with Crippen molar-refractivity contribution in [2.45, 2.75) is 25.3 Å². The van der Waals surface area contributed by atoms with Crippen molar-refractivity contribution < 1.29 is 24.2 Å². The highest BCUT2D eigenvalue weighted by Crippen LogP contribution is 2.59. The Labute approximate surface area is 181 Å². The first-order valence-corrected chi connectivity index (χ1v) is 10.6. The van der Waals surface area contributed by atoms with Gasteiger partial charge in [0.2, 0.25) is 11.8 Å². The first-order chi connectivity index (χ1) is 14.8. The molecule has 1 aromatic carbocycles. The second-order valence-corrected chi connectivity index (χ2v) is 8.99. The minimum Gasteiger partial charge on any atom is -0.496 e. The standard InChI is InChI=1S/C23H29N3O5/c1-25-13-23(12-17(23)20(24)27)11-16(22(29)30)19(25)21(28)26-9-7-14(8-10-26)15-5-3-4-6-18(15)31-2/h3-7,16-17,19H,8-13H2,1-2H3,(H2,24,27)(H,29,30). The number of para-hydroxylation sites is 1. The highest BCUT2D eigenvalue weighted by Gasteiger charge is 2.63. The van der Waals surface area contributed by atoms with Crippen molar-refractivity contribution in [3.05, 3.63) is 35.9 Å². The minimum atomic E-state index is -0.998. The van der Waals surface area contributed by atoms with Gasteiger partial charge in [0.15, 0.2) is 0 Å². The number of nitrogens with two attached hydrogens (primary N) is 1. The third-order valence-electron chi connectivity index (χ3n) is 7.12. The number of carbonyl (C=O) groups excluding carboxylic acids is 2. The van der Waals surface area contributed by atoms with E-state index in [1.54, 1.807) is 19.1 Å². The summed E-state index contributed by atoms with van der Waals surface area (Å²) in [4.78, 5) is 40.6. The molecule has 0 aromatic heterocycles. The number of benzene rings is 1. The van der Waals surface area contributed by atoms with E-state index < -0.39 is 23.3 Å². The van der Waals surface area contributed by atoms with Crippen LogP contribution in [-0.2, 0) is 14.4 Å². The lowest BCUT2D eigenvalue weighted by Crippen LogP contribution is -2.58. The van der Waals surface area contributed by atoms with Crippen LogP contribution in [0.15, 0.2) is 30.3 Å². The number of carboxylic acid groups (broad SMARTS) is 1. The van der Waals surface area contributed by atoms with Gasteiger partial charge in [-0.25, -0.2) is 0 Å². The number of aliphatic carboxylic acids is 1. The van der Waals surface area contributed by atoms with E-state index >= 15 is 0 Å². The fourth-order valence-electron chi connectivity index (χ4n) is 5.46. The zero-order valence-corrected chi connectivity index (χ0v) is 17.9. The van der Waals surface area contributed by atoms with Gasteiger partial charge in [-0.2, -0.15) is 0 Å². The number of methoxy groups -OCH3 is 1. The van der Waals surface area contributed by atoms with Crippen LogP contribution >= 0.6 is 0 Å². The number of likely N-dealkylation sites (N-methyl/N-ethyl adjacent to an activating group) is 1. The van der Waals surface area contributed by atoms with E-state index in [1.165, 1.54) is 0 Å². The molecule has 31 heavy (non-hydrogen) atoms. The molecule has 4 rings (SSSR count). The highest BCUT2D eigenvalue weighted by molar-refractivity contribution is 5.89. The van der Waals surface area contributed by atoms with Gasteiger partial charge in [0.05, 0.1) is 13.0 Å². The van der Waals surface area contributed by atoms with Crippen LogP contribution in [0.25, 0.3) is 5.57 Å². The van der Waals surface area contributed by atoms with E-state index in [2.05, 4.69) is 0 Å². The molecule has 8 nitrogen and oxygen atoms in total. The molecule has 1 saturated heterocycles. The van der Waals surface area contributed by atoms with Gasteiger partial charge in [0, 0.05) is 31.1 Å². The molecule has 1 aliphatic carbocycles. The molecule has 8 heteroatoms. The number of rotatable bonds is 5. The summed E-state index contributed by atoms with van der Waals surface area (Å²) in [6.07, 6.45) is 3.61. The minimum absolute atomic E-state index is 0.170. The van der Waals surface area contributed by atoms with E-state index in [4.69, 9.17) is 10.5 Å². The number of amides is 2. The van der Waals surface area contributed by atoms with E-state index in [-0.39, 0.29) is 17.7 Å². The SMILES string of the molecule is COc1ccccc1C1=CCN(C(=O)C2C(C(=O)O)CC3(CC3C(N)=O)CN2C)CC1. The maximum atomic E-state index is 13.4. The number of nitrogens with zero attached hydrogens (tertiary/aromatic N) is 2. The number of hydrogen-bond acceptors (Lipinski definition) is 5. The molecule has 4 unspecified atom stereocenters. The zero-order valence-electron chi connectivity index (χ0n) is 17.9.